The highest BCUT2D eigenvalue weighted by Crippen LogP contribution is 2.64. The minimum atomic E-state index is -0.799. The summed E-state index contributed by atoms with van der Waals surface area (Å²) in [6.07, 6.45) is 0.596. The average molecular weight is 194 g/mol. The lowest BCUT2D eigenvalue weighted by molar-refractivity contribution is -0.130. The molecule has 0 radical (unpaired) electrons. The lowest BCUT2D eigenvalue weighted by atomic mass is 10.1. The molecule has 1 heterocycles. The van der Waals surface area contributed by atoms with Gasteiger partial charge in [0.2, 0.25) is 5.91 Å². The number of carbonyl (C=O) groups is 1. The van der Waals surface area contributed by atoms with Gasteiger partial charge in [-0.1, -0.05) is 0 Å². The third-order valence-corrected chi connectivity index (χ3v) is 3.57. The zero-order valence-corrected chi connectivity index (χ0v) is 7.74. The van der Waals surface area contributed by atoms with Crippen molar-refractivity contribution in [3.63, 3.8) is 0 Å². The topological polar surface area (TPSA) is 20.1 Å². The van der Waals surface area contributed by atoms with Crippen molar-refractivity contribution in [2.24, 2.45) is 5.41 Å². The van der Waals surface area contributed by atoms with E-state index in [1.165, 1.54) is 0 Å². The first-order valence-corrected chi connectivity index (χ1v) is 4.40. The molecule has 0 aromatic carbocycles. The SMILES string of the molecule is CC1(C(=O)N2CC2)CC1(Cl)Cl. The fraction of sp³-hybridized carbons (Fsp3) is 0.857. The zero-order valence-electron chi connectivity index (χ0n) is 6.23. The second-order valence-electron chi connectivity index (χ2n) is 3.51. The van der Waals surface area contributed by atoms with Gasteiger partial charge in [-0.05, 0) is 13.3 Å². The molecule has 4 heteroatoms. The number of alkyl halides is 2. The molecule has 1 amide bonds. The van der Waals surface area contributed by atoms with Crippen molar-refractivity contribution in [1.82, 2.24) is 4.90 Å². The monoisotopic (exact) mass is 193 g/mol. The summed E-state index contributed by atoms with van der Waals surface area (Å²) in [6.45, 7) is 3.57. The van der Waals surface area contributed by atoms with Gasteiger partial charge in [0.25, 0.3) is 0 Å². The maximum atomic E-state index is 11.5. The van der Waals surface area contributed by atoms with E-state index in [9.17, 15) is 4.79 Å². The van der Waals surface area contributed by atoms with E-state index in [0.29, 0.717) is 6.42 Å². The highest BCUT2D eigenvalue weighted by molar-refractivity contribution is 6.53. The van der Waals surface area contributed by atoms with E-state index < -0.39 is 9.75 Å². The Morgan fingerprint density at radius 3 is 2.18 bits per heavy atom. The summed E-state index contributed by atoms with van der Waals surface area (Å²) in [5.41, 5.74) is -0.493. The maximum absolute atomic E-state index is 11.5. The van der Waals surface area contributed by atoms with Gasteiger partial charge in [-0.25, -0.2) is 0 Å². The normalized spacial score (nSPS) is 38.6. The van der Waals surface area contributed by atoms with E-state index in [0.717, 1.165) is 13.1 Å². The number of rotatable bonds is 1. The summed E-state index contributed by atoms with van der Waals surface area (Å²) < 4.78 is -0.799. The Hall–Kier alpha value is 0.0500. The molecular weight excluding hydrogens is 185 g/mol. The molecule has 0 aromatic heterocycles. The highest BCUT2D eigenvalue weighted by Gasteiger charge is 2.69. The molecule has 2 rings (SSSR count). The number of amides is 1. The number of hydrogen-bond donors (Lipinski definition) is 0. The van der Waals surface area contributed by atoms with Gasteiger partial charge < -0.3 is 4.90 Å². The molecule has 0 bridgehead atoms. The molecule has 0 aromatic rings. The van der Waals surface area contributed by atoms with Crippen molar-refractivity contribution in [3.05, 3.63) is 0 Å². The van der Waals surface area contributed by atoms with Crippen molar-refractivity contribution in [2.45, 2.75) is 17.7 Å². The van der Waals surface area contributed by atoms with E-state index in [1.807, 2.05) is 6.92 Å². The molecule has 0 spiro atoms. The number of carbonyl (C=O) groups excluding carboxylic acids is 1. The predicted molar refractivity (Wildman–Crippen MR) is 43.7 cm³/mol. The Morgan fingerprint density at radius 1 is 1.45 bits per heavy atom. The first-order chi connectivity index (χ1) is 4.97. The molecule has 2 aliphatic rings. The smallest absolute Gasteiger partial charge is 0.231 e. The van der Waals surface area contributed by atoms with Gasteiger partial charge in [0.05, 0.1) is 5.41 Å². The molecule has 1 atom stereocenters. The second kappa shape index (κ2) is 1.86. The Kier molecular flexibility index (Phi) is 1.30. The Labute approximate surface area is 75.4 Å². The van der Waals surface area contributed by atoms with Crippen molar-refractivity contribution in [3.8, 4) is 0 Å². The van der Waals surface area contributed by atoms with Crippen LogP contribution in [0, 0.1) is 5.41 Å². The molecular formula is C7H9Cl2NO. The Morgan fingerprint density at radius 2 is 1.91 bits per heavy atom. The van der Waals surface area contributed by atoms with Crippen LogP contribution < -0.4 is 0 Å². The lowest BCUT2D eigenvalue weighted by Gasteiger charge is -2.10. The first-order valence-electron chi connectivity index (χ1n) is 3.65. The molecule has 1 saturated carbocycles. The fourth-order valence-corrected chi connectivity index (χ4v) is 1.93. The number of nitrogens with zero attached hydrogens (tertiary/aromatic N) is 1. The van der Waals surface area contributed by atoms with Gasteiger partial charge in [0.1, 0.15) is 4.33 Å². The molecule has 62 valence electrons. The quantitative estimate of drug-likeness (QED) is 0.456. The van der Waals surface area contributed by atoms with E-state index >= 15 is 0 Å². The van der Waals surface area contributed by atoms with Crippen LogP contribution in [0.1, 0.15) is 13.3 Å². The van der Waals surface area contributed by atoms with Crippen LogP contribution >= 0.6 is 23.2 Å². The summed E-state index contributed by atoms with van der Waals surface area (Å²) in [5.74, 6) is 0.113. The molecule has 11 heavy (non-hydrogen) atoms. The van der Waals surface area contributed by atoms with Crippen LogP contribution in [0.15, 0.2) is 0 Å². The van der Waals surface area contributed by atoms with Crippen molar-refractivity contribution < 1.29 is 4.79 Å². The second-order valence-corrected chi connectivity index (χ2v) is 4.99. The minimum Gasteiger partial charge on any atom is -0.339 e. The van der Waals surface area contributed by atoms with Crippen LogP contribution in [0.3, 0.4) is 0 Å². The Balaban J connectivity index is 2.11. The first kappa shape index (κ1) is 7.69. The zero-order chi connectivity index (χ0) is 8.28. The predicted octanol–water partition coefficient (Wildman–Crippen LogP) is 1.41. The molecule has 1 unspecified atom stereocenters. The van der Waals surface area contributed by atoms with Crippen LogP contribution in [-0.4, -0.2) is 28.2 Å². The summed E-state index contributed by atoms with van der Waals surface area (Å²) in [4.78, 5) is 13.2. The van der Waals surface area contributed by atoms with E-state index in [4.69, 9.17) is 23.2 Å². The van der Waals surface area contributed by atoms with Gasteiger partial charge in [-0.2, -0.15) is 0 Å². The molecule has 1 saturated heterocycles. The van der Waals surface area contributed by atoms with Gasteiger partial charge in [0, 0.05) is 13.1 Å². The largest absolute Gasteiger partial charge is 0.339 e. The van der Waals surface area contributed by atoms with Crippen molar-refractivity contribution in [2.75, 3.05) is 13.1 Å². The highest BCUT2D eigenvalue weighted by atomic mass is 35.5. The lowest BCUT2D eigenvalue weighted by Crippen LogP contribution is -2.25. The minimum absolute atomic E-state index is 0.113. The third-order valence-electron chi connectivity index (χ3n) is 2.46. The van der Waals surface area contributed by atoms with Crippen LogP contribution in [0.25, 0.3) is 0 Å². The fourth-order valence-electron chi connectivity index (χ4n) is 1.23. The van der Waals surface area contributed by atoms with E-state index in [-0.39, 0.29) is 5.91 Å². The molecule has 2 fully saturated rings. The standard InChI is InChI=1S/C7H9Cl2NO/c1-6(4-7(6,8)9)5(11)10-2-3-10/h2-4H2,1H3. The average Bonchev–Trinajstić information content (AvgIpc) is 2.70. The van der Waals surface area contributed by atoms with Gasteiger partial charge in [-0.3, -0.25) is 4.79 Å². The number of hydrogen-bond acceptors (Lipinski definition) is 1. The Bertz CT molecular complexity index is 224. The molecule has 1 aliphatic heterocycles. The molecule has 0 N–H and O–H groups in total. The van der Waals surface area contributed by atoms with Gasteiger partial charge in [-0.15, -0.1) is 23.2 Å². The summed E-state index contributed by atoms with van der Waals surface area (Å²) in [6, 6.07) is 0. The molecule has 2 nitrogen and oxygen atoms in total. The van der Waals surface area contributed by atoms with Crippen molar-refractivity contribution >= 4 is 29.1 Å². The maximum Gasteiger partial charge on any atom is 0.231 e. The van der Waals surface area contributed by atoms with Crippen LogP contribution in [0.4, 0.5) is 0 Å². The molecule has 1 aliphatic carbocycles. The van der Waals surface area contributed by atoms with E-state index in [2.05, 4.69) is 0 Å². The van der Waals surface area contributed by atoms with Gasteiger partial charge in [0.15, 0.2) is 0 Å². The van der Waals surface area contributed by atoms with E-state index in [1.54, 1.807) is 4.90 Å². The van der Waals surface area contributed by atoms with Crippen molar-refractivity contribution in [1.29, 1.82) is 0 Å². The summed E-state index contributed by atoms with van der Waals surface area (Å²) in [7, 11) is 0. The van der Waals surface area contributed by atoms with Crippen LogP contribution in [-0.2, 0) is 4.79 Å². The third kappa shape index (κ3) is 0.960. The summed E-state index contributed by atoms with van der Waals surface area (Å²) in [5, 5.41) is 0. The number of halogens is 2. The van der Waals surface area contributed by atoms with Crippen LogP contribution in [0.5, 0.6) is 0 Å². The van der Waals surface area contributed by atoms with Crippen LogP contribution in [0.2, 0.25) is 0 Å². The summed E-state index contributed by atoms with van der Waals surface area (Å²) >= 11 is 11.7. The van der Waals surface area contributed by atoms with Gasteiger partial charge >= 0.3 is 0 Å².